The summed E-state index contributed by atoms with van der Waals surface area (Å²) >= 11 is 0. The molecule has 0 amide bonds. The van der Waals surface area contributed by atoms with Gasteiger partial charge in [0.25, 0.3) is 0 Å². The Morgan fingerprint density at radius 1 is 1.06 bits per heavy atom. The molecule has 3 fully saturated rings. The third-order valence-electron chi connectivity index (χ3n) is 12.3. The van der Waals surface area contributed by atoms with Gasteiger partial charge in [0.05, 0.1) is 36.0 Å². The molecular weight excluding hydrogens is 692 g/mol. The van der Waals surface area contributed by atoms with Crippen molar-refractivity contribution in [2.24, 2.45) is 23.7 Å². The average molecular weight is 749 g/mol. The molecule has 6 rings (SSSR count). The number of fused-ring (bicyclic) bond motifs is 2. The normalized spacial score (nSPS) is 40.2. The largest absolute Gasteiger partial charge is 0.478 e. The lowest BCUT2D eigenvalue weighted by atomic mass is 9.70. The van der Waals surface area contributed by atoms with Crippen LogP contribution in [0.3, 0.4) is 0 Å². The highest BCUT2D eigenvalue weighted by Gasteiger charge is 2.61. The fourth-order valence-corrected chi connectivity index (χ4v) is 9.11. The molecule has 1 spiro atoms. The zero-order chi connectivity index (χ0) is 38.9. The van der Waals surface area contributed by atoms with Crippen LogP contribution in [0.1, 0.15) is 101 Å². The first-order valence-electron chi connectivity index (χ1n) is 19.4. The minimum Gasteiger partial charge on any atom is -0.478 e. The van der Waals surface area contributed by atoms with Gasteiger partial charge in [-0.1, -0.05) is 76.6 Å². The minimum absolute atomic E-state index is 0.00432. The van der Waals surface area contributed by atoms with E-state index in [1.807, 2.05) is 19.1 Å². The molecule has 54 heavy (non-hydrogen) atoms. The Bertz CT molecular complexity index is 1710. The van der Waals surface area contributed by atoms with E-state index in [9.17, 15) is 24.6 Å². The predicted molar refractivity (Wildman–Crippen MR) is 200 cm³/mol. The summed E-state index contributed by atoms with van der Waals surface area (Å²) in [5.41, 5.74) is -0.356. The van der Waals surface area contributed by atoms with Crippen molar-refractivity contribution in [3.05, 3.63) is 82.5 Å². The van der Waals surface area contributed by atoms with Crippen molar-refractivity contribution >= 4 is 17.9 Å². The molecule has 1 aromatic rings. The van der Waals surface area contributed by atoms with Crippen LogP contribution in [0.2, 0.25) is 0 Å². The Hall–Kier alpha value is -3.61. The van der Waals surface area contributed by atoms with Gasteiger partial charge in [-0.15, -0.1) is 0 Å². The second kappa shape index (κ2) is 16.2. The molecule has 294 valence electrons. The van der Waals surface area contributed by atoms with Crippen LogP contribution in [-0.4, -0.2) is 89.8 Å². The number of carbonyl (C=O) groups is 3. The van der Waals surface area contributed by atoms with E-state index >= 15 is 0 Å². The number of carboxylic acids is 1. The number of carboxylic acid groups (broad SMARTS) is 1. The zero-order valence-corrected chi connectivity index (χ0v) is 32.5. The van der Waals surface area contributed by atoms with Crippen LogP contribution in [0.15, 0.2) is 71.4 Å². The van der Waals surface area contributed by atoms with Gasteiger partial charge in [0.15, 0.2) is 11.9 Å². The summed E-state index contributed by atoms with van der Waals surface area (Å²) in [5, 5.41) is 22.5. The molecule has 1 aromatic carbocycles. The van der Waals surface area contributed by atoms with E-state index in [4.69, 9.17) is 28.4 Å². The number of allylic oxidation sites excluding steroid dienone is 2. The number of hydrogen-bond acceptors (Lipinski definition) is 10. The smallest absolute Gasteiger partial charge is 0.339 e. The van der Waals surface area contributed by atoms with Gasteiger partial charge in [-0.2, -0.15) is 0 Å². The molecule has 4 unspecified atom stereocenters. The highest BCUT2D eigenvalue weighted by Crippen LogP contribution is 2.48. The van der Waals surface area contributed by atoms with Gasteiger partial charge < -0.3 is 38.6 Å². The van der Waals surface area contributed by atoms with Gasteiger partial charge in [-0.3, -0.25) is 4.79 Å². The molecule has 12 atom stereocenters. The molecular formula is C43H56O11. The zero-order valence-electron chi connectivity index (χ0n) is 32.5. The third kappa shape index (κ3) is 7.75. The first kappa shape index (κ1) is 40.1. The SMILES string of the molecule is CC[C@H](C)C1O[C@]2(CC[C@@H]1C)CC1CC(C/C=C(\C)[C@@H](OC)[C@@H](C)/C=C/C=C3\CO[C@@H]4[C@H](OC(=O)c5ccccc5C(=O)O)C(C)=CC(C(=O)O1)[C@]34O)O2. The maximum Gasteiger partial charge on any atom is 0.339 e. The monoisotopic (exact) mass is 748 g/mol. The minimum atomic E-state index is -1.95. The van der Waals surface area contributed by atoms with E-state index in [1.165, 1.54) is 18.2 Å². The number of rotatable bonds is 6. The fourth-order valence-electron chi connectivity index (χ4n) is 9.11. The number of aromatic carboxylic acids is 1. The van der Waals surface area contributed by atoms with Crippen molar-refractivity contribution in [2.75, 3.05) is 13.7 Å². The Labute approximate surface area is 318 Å². The molecule has 0 saturated carbocycles. The highest BCUT2D eigenvalue weighted by molar-refractivity contribution is 6.02. The van der Waals surface area contributed by atoms with Crippen molar-refractivity contribution in [1.82, 2.24) is 0 Å². The first-order valence-corrected chi connectivity index (χ1v) is 19.4. The molecule has 3 saturated heterocycles. The fraction of sp³-hybridized carbons (Fsp3) is 0.605. The van der Waals surface area contributed by atoms with E-state index in [-0.39, 0.29) is 42.0 Å². The van der Waals surface area contributed by atoms with Crippen LogP contribution in [-0.2, 0) is 33.2 Å². The van der Waals surface area contributed by atoms with E-state index in [0.717, 1.165) is 18.4 Å². The summed E-state index contributed by atoms with van der Waals surface area (Å²) in [6.45, 7) is 12.3. The van der Waals surface area contributed by atoms with Gasteiger partial charge >= 0.3 is 17.9 Å². The quantitative estimate of drug-likeness (QED) is 0.235. The van der Waals surface area contributed by atoms with Crippen LogP contribution in [0.25, 0.3) is 0 Å². The molecule has 2 bridgehead atoms. The van der Waals surface area contributed by atoms with Crippen LogP contribution >= 0.6 is 0 Å². The Morgan fingerprint density at radius 2 is 1.80 bits per heavy atom. The number of methoxy groups -OCH3 is 1. The second-order valence-corrected chi connectivity index (χ2v) is 16.0. The van der Waals surface area contributed by atoms with Crippen LogP contribution in [0.4, 0.5) is 0 Å². The van der Waals surface area contributed by atoms with E-state index in [1.54, 1.807) is 32.3 Å². The maximum absolute atomic E-state index is 14.5. The molecule has 0 aromatic heterocycles. The number of hydrogen-bond donors (Lipinski definition) is 2. The van der Waals surface area contributed by atoms with Gasteiger partial charge in [0, 0.05) is 32.3 Å². The topological polar surface area (TPSA) is 147 Å². The Morgan fingerprint density at radius 3 is 2.50 bits per heavy atom. The maximum atomic E-state index is 14.5. The molecule has 0 radical (unpaired) electrons. The summed E-state index contributed by atoms with van der Waals surface area (Å²) in [6, 6.07) is 5.77. The Balaban J connectivity index is 1.39. The summed E-state index contributed by atoms with van der Waals surface area (Å²) in [6.07, 6.45) is 9.84. The van der Waals surface area contributed by atoms with Gasteiger partial charge in [-0.05, 0) is 67.4 Å². The standard InChI is InChI=1S/C43H56O11/c1-8-24(2)36-27(5)18-19-42(54-36)22-31-21-30(53-42)17-16-26(4)35(49-7)25(3)12-11-13-29-23-50-38-37(28(6)20-34(41(47)51-31)43(29,38)48)52-40(46)33-15-10-9-14-32(33)39(44)45/h9-16,20,24-25,27,30-31,34-38,48H,8,17-19,21-23H2,1-7H3,(H,44,45)/b12-11+,26-16+,29-13+/t24-,25-,27-,30?,31?,34?,35-,36?,37+,38+,42+,43+/m0/s1. The van der Waals surface area contributed by atoms with Crippen LogP contribution < -0.4 is 0 Å². The lowest BCUT2D eigenvalue weighted by Crippen LogP contribution is -2.59. The number of aliphatic hydroxyl groups is 1. The van der Waals surface area contributed by atoms with Crippen molar-refractivity contribution in [3.63, 3.8) is 0 Å². The predicted octanol–water partition coefficient (Wildman–Crippen LogP) is 6.75. The van der Waals surface area contributed by atoms with Gasteiger partial charge in [0.2, 0.25) is 0 Å². The van der Waals surface area contributed by atoms with Crippen molar-refractivity contribution in [2.45, 2.75) is 128 Å². The van der Waals surface area contributed by atoms with Gasteiger partial charge in [-0.25, -0.2) is 9.59 Å². The molecule has 2 N–H and O–H groups in total. The van der Waals surface area contributed by atoms with Crippen molar-refractivity contribution < 1.29 is 53.0 Å². The molecule has 4 aliphatic heterocycles. The second-order valence-electron chi connectivity index (χ2n) is 16.0. The molecule has 5 aliphatic rings. The van der Waals surface area contributed by atoms with E-state index < -0.39 is 53.5 Å². The van der Waals surface area contributed by atoms with E-state index in [2.05, 4.69) is 33.8 Å². The molecule has 11 nitrogen and oxygen atoms in total. The van der Waals surface area contributed by atoms with E-state index in [0.29, 0.717) is 48.7 Å². The van der Waals surface area contributed by atoms with Crippen LogP contribution in [0, 0.1) is 23.7 Å². The number of carbonyl (C=O) groups excluding carboxylic acids is 2. The van der Waals surface area contributed by atoms with Gasteiger partial charge in [0.1, 0.15) is 23.7 Å². The molecule has 11 heteroatoms. The molecule has 4 heterocycles. The average Bonchev–Trinajstić information content (AvgIpc) is 3.48. The number of ether oxygens (including phenoxy) is 6. The molecule has 1 aliphatic carbocycles. The number of benzene rings is 1. The summed E-state index contributed by atoms with van der Waals surface area (Å²) in [5.74, 6) is -4.28. The van der Waals surface area contributed by atoms with Crippen LogP contribution in [0.5, 0.6) is 0 Å². The lowest BCUT2D eigenvalue weighted by molar-refractivity contribution is -0.340. The summed E-state index contributed by atoms with van der Waals surface area (Å²) < 4.78 is 38.3. The third-order valence-corrected chi connectivity index (χ3v) is 12.3. The van der Waals surface area contributed by atoms with Crippen molar-refractivity contribution in [1.29, 1.82) is 0 Å². The lowest BCUT2D eigenvalue weighted by Gasteiger charge is -2.51. The highest BCUT2D eigenvalue weighted by atomic mass is 16.7. The summed E-state index contributed by atoms with van der Waals surface area (Å²) in [7, 11) is 1.69. The van der Waals surface area contributed by atoms with Crippen molar-refractivity contribution in [3.8, 4) is 0 Å². The summed E-state index contributed by atoms with van der Waals surface area (Å²) in [4.78, 5) is 39.9. The first-order chi connectivity index (χ1) is 25.7. The number of esters is 2. The Kier molecular flexibility index (Phi) is 12.0.